The van der Waals surface area contributed by atoms with Crippen molar-refractivity contribution in [1.82, 2.24) is 5.43 Å². The first-order valence-electron chi connectivity index (χ1n) is 1.84. The number of hydrazine groups is 1. The molecule has 7 heavy (non-hydrogen) atoms. The summed E-state index contributed by atoms with van der Waals surface area (Å²) in [6.07, 6.45) is 1.43. The van der Waals surface area contributed by atoms with Gasteiger partial charge in [0.05, 0.1) is 6.07 Å². The first kappa shape index (κ1) is 5.99. The van der Waals surface area contributed by atoms with E-state index in [1.807, 2.05) is 6.07 Å². The summed E-state index contributed by atoms with van der Waals surface area (Å²) in [7, 11) is 0. The lowest BCUT2D eigenvalue weighted by Crippen LogP contribution is -2.13. The van der Waals surface area contributed by atoms with Gasteiger partial charge in [0.2, 0.25) is 0 Å². The van der Waals surface area contributed by atoms with Crippen LogP contribution in [0.2, 0.25) is 0 Å². The van der Waals surface area contributed by atoms with Crippen molar-refractivity contribution in [3.8, 4) is 6.07 Å². The van der Waals surface area contributed by atoms with E-state index >= 15 is 0 Å². The molecule has 0 saturated heterocycles. The van der Waals surface area contributed by atoms with Crippen molar-refractivity contribution in [3.63, 3.8) is 0 Å². The molecule has 3 nitrogen and oxygen atoms in total. The van der Waals surface area contributed by atoms with Crippen LogP contribution in [0, 0.1) is 11.3 Å². The monoisotopic (exact) mass is 97.1 g/mol. The number of nitrogens with two attached hydrogens (primary N) is 1. The fourth-order valence-corrected chi connectivity index (χ4v) is 0.157. The topological polar surface area (TPSA) is 61.8 Å². The van der Waals surface area contributed by atoms with E-state index in [9.17, 15) is 0 Å². The van der Waals surface area contributed by atoms with Crippen molar-refractivity contribution in [2.45, 2.75) is 6.92 Å². The average Bonchev–Trinajstić information content (AvgIpc) is 1.68. The van der Waals surface area contributed by atoms with Gasteiger partial charge in [-0.1, -0.05) is 0 Å². The van der Waals surface area contributed by atoms with Crippen molar-refractivity contribution < 1.29 is 0 Å². The minimum absolute atomic E-state index is 0.572. The van der Waals surface area contributed by atoms with Crippen molar-refractivity contribution >= 4 is 0 Å². The lowest BCUT2D eigenvalue weighted by Gasteiger charge is -1.82. The SMILES string of the molecule is C/C(C#N)=C\NN. The second-order valence-corrected chi connectivity index (χ2v) is 1.11. The highest BCUT2D eigenvalue weighted by Gasteiger charge is 1.75. The molecule has 0 saturated carbocycles. The number of rotatable bonds is 1. The third kappa shape index (κ3) is 2.80. The molecule has 0 aliphatic heterocycles. The minimum Gasteiger partial charge on any atom is -0.330 e. The first-order chi connectivity index (χ1) is 3.31. The van der Waals surface area contributed by atoms with Gasteiger partial charge in [0.1, 0.15) is 0 Å². The van der Waals surface area contributed by atoms with Crippen molar-refractivity contribution in [1.29, 1.82) is 5.26 Å². The Balaban J connectivity index is 3.57. The van der Waals surface area contributed by atoms with E-state index in [2.05, 4.69) is 5.43 Å². The number of allylic oxidation sites excluding steroid dienone is 1. The Hall–Kier alpha value is -1.01. The van der Waals surface area contributed by atoms with Gasteiger partial charge in [0.15, 0.2) is 0 Å². The van der Waals surface area contributed by atoms with Crippen LogP contribution in [-0.2, 0) is 0 Å². The summed E-state index contributed by atoms with van der Waals surface area (Å²) in [6.45, 7) is 1.67. The molecule has 0 rings (SSSR count). The molecule has 3 heteroatoms. The molecular weight excluding hydrogens is 90.1 g/mol. The van der Waals surface area contributed by atoms with Crippen molar-refractivity contribution in [2.24, 2.45) is 5.84 Å². The molecular formula is C4H7N3. The summed E-state index contributed by atoms with van der Waals surface area (Å²) in [6, 6.07) is 1.88. The highest BCUT2D eigenvalue weighted by molar-refractivity contribution is 5.15. The van der Waals surface area contributed by atoms with E-state index < -0.39 is 0 Å². The van der Waals surface area contributed by atoms with Gasteiger partial charge in [-0.25, -0.2) is 0 Å². The van der Waals surface area contributed by atoms with Gasteiger partial charge in [-0.15, -0.1) is 0 Å². The van der Waals surface area contributed by atoms with Crippen LogP contribution in [0.4, 0.5) is 0 Å². The highest BCUT2D eigenvalue weighted by atomic mass is 15.2. The Morgan fingerprint density at radius 1 is 2.00 bits per heavy atom. The molecule has 0 aromatic heterocycles. The normalized spacial score (nSPS) is 10.1. The van der Waals surface area contributed by atoms with E-state index in [1.165, 1.54) is 6.20 Å². The molecule has 0 atom stereocenters. The molecule has 0 aliphatic carbocycles. The standard InChI is InChI=1S/C4H7N3/c1-4(2-5)3-7-6/h3,7H,6H2,1H3/b4-3+. The third-order valence-electron chi connectivity index (χ3n) is 0.476. The zero-order chi connectivity index (χ0) is 5.70. The quantitative estimate of drug-likeness (QED) is 0.272. The maximum absolute atomic E-state index is 8.05. The van der Waals surface area contributed by atoms with Crippen molar-refractivity contribution in [3.05, 3.63) is 11.8 Å². The summed E-state index contributed by atoms with van der Waals surface area (Å²) in [5, 5.41) is 8.05. The van der Waals surface area contributed by atoms with Crippen LogP contribution in [-0.4, -0.2) is 0 Å². The van der Waals surface area contributed by atoms with Crippen LogP contribution < -0.4 is 11.3 Å². The Kier molecular flexibility index (Phi) is 2.73. The molecule has 0 aromatic carbocycles. The van der Waals surface area contributed by atoms with Crippen LogP contribution in [0.15, 0.2) is 11.8 Å². The van der Waals surface area contributed by atoms with E-state index in [0.29, 0.717) is 5.57 Å². The molecule has 0 spiro atoms. The second kappa shape index (κ2) is 3.19. The fraction of sp³-hybridized carbons (Fsp3) is 0.250. The van der Waals surface area contributed by atoms with E-state index in [4.69, 9.17) is 11.1 Å². The van der Waals surface area contributed by atoms with Crippen LogP contribution in [0.5, 0.6) is 0 Å². The van der Waals surface area contributed by atoms with Crippen LogP contribution in [0.25, 0.3) is 0 Å². The van der Waals surface area contributed by atoms with Gasteiger partial charge in [0.25, 0.3) is 0 Å². The number of nitrogens with one attached hydrogen (secondary N) is 1. The zero-order valence-electron chi connectivity index (χ0n) is 4.10. The van der Waals surface area contributed by atoms with Crippen LogP contribution in [0.1, 0.15) is 6.92 Å². The van der Waals surface area contributed by atoms with E-state index in [0.717, 1.165) is 0 Å². The number of hydrogen-bond donors (Lipinski definition) is 2. The van der Waals surface area contributed by atoms with Crippen molar-refractivity contribution in [2.75, 3.05) is 0 Å². The van der Waals surface area contributed by atoms with Gasteiger partial charge in [-0.3, -0.25) is 5.84 Å². The number of nitriles is 1. The molecule has 0 heterocycles. The van der Waals surface area contributed by atoms with E-state index in [1.54, 1.807) is 6.92 Å². The predicted octanol–water partition coefficient (Wildman–Crippen LogP) is -0.123. The Labute approximate surface area is 42.4 Å². The largest absolute Gasteiger partial charge is 0.330 e. The number of hydrogen-bond acceptors (Lipinski definition) is 3. The third-order valence-corrected chi connectivity index (χ3v) is 0.476. The number of nitrogens with zero attached hydrogens (tertiary/aromatic N) is 1. The second-order valence-electron chi connectivity index (χ2n) is 1.11. The summed E-state index contributed by atoms with van der Waals surface area (Å²) < 4.78 is 0. The molecule has 0 bridgehead atoms. The van der Waals surface area contributed by atoms with Gasteiger partial charge < -0.3 is 5.43 Å². The summed E-state index contributed by atoms with van der Waals surface area (Å²) in [4.78, 5) is 0. The maximum atomic E-state index is 8.05. The van der Waals surface area contributed by atoms with Crippen LogP contribution in [0.3, 0.4) is 0 Å². The predicted molar refractivity (Wildman–Crippen MR) is 26.7 cm³/mol. The lowest BCUT2D eigenvalue weighted by molar-refractivity contribution is 0.958. The lowest BCUT2D eigenvalue weighted by atomic mass is 10.4. The highest BCUT2D eigenvalue weighted by Crippen LogP contribution is 1.80. The fourth-order valence-electron chi connectivity index (χ4n) is 0.157. The molecule has 0 aromatic rings. The smallest absolute Gasteiger partial charge is 0.0959 e. The summed E-state index contributed by atoms with van der Waals surface area (Å²) in [5.41, 5.74) is 2.81. The Morgan fingerprint density at radius 3 is 2.71 bits per heavy atom. The summed E-state index contributed by atoms with van der Waals surface area (Å²) in [5.74, 6) is 4.83. The van der Waals surface area contributed by atoms with Crippen LogP contribution >= 0.6 is 0 Å². The minimum atomic E-state index is 0.572. The van der Waals surface area contributed by atoms with Gasteiger partial charge in [-0.05, 0) is 6.92 Å². The molecule has 3 N–H and O–H groups in total. The first-order valence-corrected chi connectivity index (χ1v) is 1.84. The molecule has 38 valence electrons. The summed E-state index contributed by atoms with van der Waals surface area (Å²) >= 11 is 0. The van der Waals surface area contributed by atoms with Gasteiger partial charge in [-0.2, -0.15) is 5.26 Å². The molecule has 0 aliphatic rings. The Bertz CT molecular complexity index is 109. The zero-order valence-corrected chi connectivity index (χ0v) is 4.10. The molecule has 0 fully saturated rings. The molecule has 0 amide bonds. The average molecular weight is 97.1 g/mol. The van der Waals surface area contributed by atoms with Gasteiger partial charge in [0, 0.05) is 11.8 Å². The Morgan fingerprint density at radius 2 is 2.57 bits per heavy atom. The van der Waals surface area contributed by atoms with E-state index in [-0.39, 0.29) is 0 Å². The van der Waals surface area contributed by atoms with Gasteiger partial charge >= 0.3 is 0 Å². The molecule has 0 radical (unpaired) electrons. The maximum Gasteiger partial charge on any atom is 0.0959 e. The molecule has 0 unspecified atom stereocenters.